The molecule has 0 bridgehead atoms. The zero-order valence-corrected chi connectivity index (χ0v) is 17.6. The van der Waals surface area contributed by atoms with E-state index in [9.17, 15) is 19.5 Å². The normalized spacial score (nSPS) is 18.9. The summed E-state index contributed by atoms with van der Waals surface area (Å²) in [5, 5.41) is 15.0. The van der Waals surface area contributed by atoms with Crippen LogP contribution in [0.3, 0.4) is 0 Å². The second-order valence-electron chi connectivity index (χ2n) is 7.83. The van der Waals surface area contributed by atoms with Gasteiger partial charge in [-0.2, -0.15) is 0 Å². The monoisotopic (exact) mass is 439 g/mol. The van der Waals surface area contributed by atoms with Gasteiger partial charge in [0.05, 0.1) is 18.6 Å². The Hall–Kier alpha value is -3.59. The maximum atomic E-state index is 12.7. The van der Waals surface area contributed by atoms with E-state index in [0.717, 1.165) is 5.56 Å². The highest BCUT2D eigenvalue weighted by Gasteiger charge is 2.36. The lowest BCUT2D eigenvalue weighted by Gasteiger charge is -2.21. The second-order valence-corrected chi connectivity index (χ2v) is 7.83. The van der Waals surface area contributed by atoms with E-state index in [1.165, 1.54) is 4.90 Å². The number of carbonyl (C=O) groups is 3. The number of rotatable bonds is 7. The number of amides is 3. The van der Waals surface area contributed by atoms with E-state index in [4.69, 9.17) is 9.47 Å². The molecule has 2 aliphatic rings. The molecule has 0 radical (unpaired) electrons. The van der Waals surface area contributed by atoms with Crippen LogP contribution in [0.1, 0.15) is 24.9 Å². The Morgan fingerprint density at radius 1 is 1.12 bits per heavy atom. The molecule has 168 valence electrons. The molecule has 2 aromatic carbocycles. The topological polar surface area (TPSA) is 117 Å². The van der Waals surface area contributed by atoms with Crippen molar-refractivity contribution < 1.29 is 29.0 Å². The average molecular weight is 439 g/mol. The molecule has 4 rings (SSSR count). The third-order valence-electron chi connectivity index (χ3n) is 5.62. The van der Waals surface area contributed by atoms with Crippen molar-refractivity contribution in [2.24, 2.45) is 5.92 Å². The molecule has 3 unspecified atom stereocenters. The smallest absolute Gasteiger partial charge is 0.242 e. The number of aliphatic hydroxyl groups excluding tert-OH is 1. The van der Waals surface area contributed by atoms with Crippen LogP contribution in [0.25, 0.3) is 0 Å². The van der Waals surface area contributed by atoms with Crippen molar-refractivity contribution in [2.45, 2.75) is 25.4 Å². The van der Waals surface area contributed by atoms with Gasteiger partial charge in [-0.25, -0.2) is 0 Å². The summed E-state index contributed by atoms with van der Waals surface area (Å²) < 4.78 is 10.6. The molecule has 3 N–H and O–H groups in total. The largest absolute Gasteiger partial charge is 0.454 e. The summed E-state index contributed by atoms with van der Waals surface area (Å²) in [6.45, 7) is 1.65. The molecule has 0 aromatic heterocycles. The van der Waals surface area contributed by atoms with Gasteiger partial charge in [-0.1, -0.05) is 30.3 Å². The van der Waals surface area contributed by atoms with Crippen LogP contribution < -0.4 is 25.0 Å². The fourth-order valence-electron chi connectivity index (χ4n) is 3.80. The lowest BCUT2D eigenvalue weighted by atomic mass is 10.1. The Bertz CT molecular complexity index is 1010. The number of hydrogen-bond donors (Lipinski definition) is 3. The van der Waals surface area contributed by atoms with Crippen LogP contribution in [0.2, 0.25) is 0 Å². The van der Waals surface area contributed by atoms with E-state index in [1.54, 1.807) is 37.3 Å². The number of fused-ring (bicyclic) bond motifs is 1. The van der Waals surface area contributed by atoms with Gasteiger partial charge in [0.1, 0.15) is 6.04 Å². The number of nitrogens with zero attached hydrogens (tertiary/aromatic N) is 1. The average Bonchev–Trinajstić information content (AvgIpc) is 3.43. The van der Waals surface area contributed by atoms with Crippen molar-refractivity contribution in [3.05, 3.63) is 54.1 Å². The predicted molar refractivity (Wildman–Crippen MR) is 115 cm³/mol. The van der Waals surface area contributed by atoms with Gasteiger partial charge in [-0.3, -0.25) is 14.4 Å². The quantitative estimate of drug-likeness (QED) is 0.595. The van der Waals surface area contributed by atoms with Gasteiger partial charge in [-0.15, -0.1) is 0 Å². The van der Waals surface area contributed by atoms with Crippen LogP contribution >= 0.6 is 0 Å². The van der Waals surface area contributed by atoms with Crippen LogP contribution in [0.5, 0.6) is 11.5 Å². The molecule has 2 heterocycles. The number of benzene rings is 2. The van der Waals surface area contributed by atoms with Gasteiger partial charge in [0.2, 0.25) is 24.5 Å². The lowest BCUT2D eigenvalue weighted by molar-refractivity contribution is -0.131. The number of aliphatic hydroxyl groups is 1. The predicted octanol–water partition coefficient (Wildman–Crippen LogP) is 1.12. The van der Waals surface area contributed by atoms with E-state index >= 15 is 0 Å². The van der Waals surface area contributed by atoms with Crippen molar-refractivity contribution in [1.82, 2.24) is 10.6 Å². The first kappa shape index (κ1) is 21.6. The van der Waals surface area contributed by atoms with Gasteiger partial charge < -0.3 is 30.1 Å². The summed E-state index contributed by atoms with van der Waals surface area (Å²) in [7, 11) is 0. The second kappa shape index (κ2) is 9.27. The van der Waals surface area contributed by atoms with Crippen molar-refractivity contribution in [3.8, 4) is 11.5 Å². The molecule has 0 saturated carbocycles. The van der Waals surface area contributed by atoms with Gasteiger partial charge in [0, 0.05) is 24.7 Å². The molecule has 2 aromatic rings. The van der Waals surface area contributed by atoms with Gasteiger partial charge in [0.25, 0.3) is 0 Å². The molecule has 1 fully saturated rings. The Morgan fingerprint density at radius 3 is 2.62 bits per heavy atom. The SMILES string of the molecule is CC(NC(=O)C1CC(=O)N(c2ccc3c(c2)OCO3)C1)C(=O)NC(CO)c1ccccc1. The van der Waals surface area contributed by atoms with E-state index in [1.807, 2.05) is 18.2 Å². The number of ether oxygens (including phenoxy) is 2. The van der Waals surface area contributed by atoms with Crippen LogP contribution in [0.4, 0.5) is 5.69 Å². The number of anilines is 1. The summed E-state index contributed by atoms with van der Waals surface area (Å²) in [5.41, 5.74) is 1.40. The first-order chi connectivity index (χ1) is 15.5. The molecular formula is C23H25N3O6. The van der Waals surface area contributed by atoms with Crippen LogP contribution in [-0.4, -0.2) is 48.8 Å². The van der Waals surface area contributed by atoms with Crippen LogP contribution in [0.15, 0.2) is 48.5 Å². The first-order valence-electron chi connectivity index (χ1n) is 10.4. The van der Waals surface area contributed by atoms with Crippen molar-refractivity contribution in [1.29, 1.82) is 0 Å². The third-order valence-corrected chi connectivity index (χ3v) is 5.62. The summed E-state index contributed by atoms with van der Waals surface area (Å²) in [6, 6.07) is 12.9. The molecule has 1 saturated heterocycles. The van der Waals surface area contributed by atoms with Crippen molar-refractivity contribution >= 4 is 23.4 Å². The van der Waals surface area contributed by atoms with Crippen molar-refractivity contribution in [2.75, 3.05) is 24.8 Å². The van der Waals surface area contributed by atoms with E-state index in [-0.39, 0.29) is 38.2 Å². The highest BCUT2D eigenvalue weighted by Crippen LogP contribution is 2.37. The van der Waals surface area contributed by atoms with E-state index in [2.05, 4.69) is 10.6 Å². The molecule has 9 nitrogen and oxygen atoms in total. The Labute approximate surface area is 185 Å². The highest BCUT2D eigenvalue weighted by molar-refractivity contribution is 6.01. The lowest BCUT2D eigenvalue weighted by Crippen LogP contribution is -2.48. The van der Waals surface area contributed by atoms with E-state index in [0.29, 0.717) is 17.2 Å². The zero-order chi connectivity index (χ0) is 22.7. The minimum atomic E-state index is -0.824. The summed E-state index contributed by atoms with van der Waals surface area (Å²) in [4.78, 5) is 39.3. The Kier molecular flexibility index (Phi) is 6.27. The summed E-state index contributed by atoms with van der Waals surface area (Å²) in [6.07, 6.45) is 0.0535. The van der Waals surface area contributed by atoms with E-state index < -0.39 is 23.9 Å². The third kappa shape index (κ3) is 4.52. The highest BCUT2D eigenvalue weighted by atomic mass is 16.7. The fraction of sp³-hybridized carbons (Fsp3) is 0.348. The summed E-state index contributed by atoms with van der Waals surface area (Å²) >= 11 is 0. The molecule has 3 atom stereocenters. The molecule has 0 aliphatic carbocycles. The molecule has 0 spiro atoms. The zero-order valence-electron chi connectivity index (χ0n) is 17.6. The molecule has 9 heteroatoms. The van der Waals surface area contributed by atoms with Crippen LogP contribution in [0, 0.1) is 5.92 Å². The van der Waals surface area contributed by atoms with Gasteiger partial charge in [-0.05, 0) is 24.6 Å². The number of nitrogens with one attached hydrogen (secondary N) is 2. The molecular weight excluding hydrogens is 414 g/mol. The van der Waals surface area contributed by atoms with Crippen LogP contribution in [-0.2, 0) is 14.4 Å². The molecule has 3 amide bonds. The fourth-order valence-corrected chi connectivity index (χ4v) is 3.80. The number of hydrogen-bond acceptors (Lipinski definition) is 6. The Balaban J connectivity index is 1.34. The maximum absolute atomic E-state index is 12.7. The molecule has 2 aliphatic heterocycles. The number of carbonyl (C=O) groups excluding carboxylic acids is 3. The van der Waals surface area contributed by atoms with Gasteiger partial charge >= 0.3 is 0 Å². The standard InChI is InChI=1S/C23H25N3O6/c1-14(22(29)25-18(12-27)15-5-3-2-4-6-15)24-23(30)16-9-21(28)26(11-16)17-7-8-19-20(10-17)32-13-31-19/h2-8,10,14,16,18,27H,9,11-13H2,1H3,(H,24,30)(H,25,29). The maximum Gasteiger partial charge on any atom is 0.242 e. The first-order valence-corrected chi connectivity index (χ1v) is 10.4. The molecule has 32 heavy (non-hydrogen) atoms. The minimum Gasteiger partial charge on any atom is -0.454 e. The minimum absolute atomic E-state index is 0.0535. The van der Waals surface area contributed by atoms with Gasteiger partial charge in [0.15, 0.2) is 11.5 Å². The Morgan fingerprint density at radius 2 is 1.88 bits per heavy atom. The van der Waals surface area contributed by atoms with Crippen molar-refractivity contribution in [3.63, 3.8) is 0 Å². The summed E-state index contributed by atoms with van der Waals surface area (Å²) in [5.74, 6) is -0.365.